The Hall–Kier alpha value is -0.850. The summed E-state index contributed by atoms with van der Waals surface area (Å²) in [6, 6.07) is 4.35. The van der Waals surface area contributed by atoms with Gasteiger partial charge in [0.15, 0.2) is 17.4 Å². The van der Waals surface area contributed by atoms with Gasteiger partial charge in [0.25, 0.3) is 0 Å². The number of halogens is 6. The van der Waals surface area contributed by atoms with E-state index in [0.29, 0.717) is 32.9 Å². The van der Waals surface area contributed by atoms with E-state index in [1.165, 1.54) is 62.1 Å². The van der Waals surface area contributed by atoms with Gasteiger partial charge in [-0.1, -0.05) is 69.6 Å². The summed E-state index contributed by atoms with van der Waals surface area (Å²) < 4.78 is 24.7. The first kappa shape index (κ1) is 46.3. The predicted molar refractivity (Wildman–Crippen MR) is 182 cm³/mol. The number of ether oxygens (including phenoxy) is 2. The molecule has 45 heavy (non-hydrogen) atoms. The number of hydrogen-bond acceptors (Lipinski definition) is 10. The third-order valence-corrected chi connectivity index (χ3v) is 7.71. The van der Waals surface area contributed by atoms with Gasteiger partial charge in [0.2, 0.25) is 6.19 Å². The summed E-state index contributed by atoms with van der Waals surface area (Å²) in [5.74, 6) is -0.402. The van der Waals surface area contributed by atoms with Gasteiger partial charge >= 0.3 is 24.8 Å². The van der Waals surface area contributed by atoms with Gasteiger partial charge in [-0.25, -0.2) is 24.0 Å². The van der Waals surface area contributed by atoms with Crippen molar-refractivity contribution in [2.24, 2.45) is 4.36 Å². The van der Waals surface area contributed by atoms with Crippen LogP contribution in [-0.4, -0.2) is 73.7 Å². The molecular formula is C26H31AlCl6LiN5O5S. The molecule has 0 aliphatic carbocycles. The maximum atomic E-state index is 11.7. The van der Waals surface area contributed by atoms with Crippen LogP contribution in [-0.2, 0) is 31.6 Å². The third kappa shape index (κ3) is 19.5. The standard InChI is InChI=1S/C8H7Cl2N3OS.C8H7Cl2NO2.C6H5Cl2NO.C4H8O.Al.Li.4H/c1-15(14,13-5-11)4-6-3-12-8(10)2-7(6)9;1-2-13-8(12)5-4-11-7(10)3-6(5)9;7-5-1-6(8)9-2-4(5)3-10;1-2-4-5-3-1;;;;;;/h2-3H,4H2,1H3;3-4H,2H2,1H3;1-2,10H,3H2;1-4H2;;;;;;/q;;;;;+1;;;;-1. The number of pyridine rings is 3. The smallest absolute Gasteiger partial charge is 1.00 e. The number of nitrogens with zero attached hydrogens (tertiary/aromatic N) is 5. The quantitative estimate of drug-likeness (QED) is 0.178. The summed E-state index contributed by atoms with van der Waals surface area (Å²) in [5.41, 5.74) is 1.38. The van der Waals surface area contributed by atoms with Gasteiger partial charge in [0.05, 0.1) is 44.3 Å². The molecule has 1 unspecified atom stereocenters. The molecule has 0 saturated carbocycles. The second-order valence-corrected chi connectivity index (χ2v) is 13.0. The van der Waals surface area contributed by atoms with Gasteiger partial charge in [0, 0.05) is 54.2 Å². The van der Waals surface area contributed by atoms with Crippen LogP contribution in [0.5, 0.6) is 0 Å². The third-order valence-electron chi connectivity index (χ3n) is 4.76. The van der Waals surface area contributed by atoms with Crippen LogP contribution in [0.2, 0.25) is 30.5 Å². The Kier molecular flexibility index (Phi) is 25.9. The molecule has 1 aliphatic heterocycles. The van der Waals surface area contributed by atoms with Gasteiger partial charge in [-0.15, -0.1) is 4.36 Å². The van der Waals surface area contributed by atoms with Crippen molar-refractivity contribution in [3.05, 3.63) is 84.0 Å². The van der Waals surface area contributed by atoms with E-state index < -0.39 is 15.7 Å². The maximum Gasteiger partial charge on any atom is 1.00 e. The Balaban J connectivity index is -0.000000549. The second-order valence-electron chi connectivity index (χ2n) is 8.18. The summed E-state index contributed by atoms with van der Waals surface area (Å²) in [6.07, 6.45) is 9.64. The van der Waals surface area contributed by atoms with Crippen molar-refractivity contribution in [3.63, 3.8) is 0 Å². The molecule has 10 nitrogen and oxygen atoms in total. The average Bonchev–Trinajstić information content (AvgIpc) is 3.52. The van der Waals surface area contributed by atoms with Crippen molar-refractivity contribution < 1.29 is 43.9 Å². The number of hydrogen-bond donors (Lipinski definition) is 1. The first-order valence-corrected chi connectivity index (χ1v) is 16.5. The fourth-order valence-corrected chi connectivity index (χ4v) is 5.20. The van der Waals surface area contributed by atoms with Gasteiger partial charge in [-0.3, -0.25) is 0 Å². The number of aliphatic hydroxyl groups is 1. The van der Waals surface area contributed by atoms with Gasteiger partial charge in [-0.2, -0.15) is 5.26 Å². The van der Waals surface area contributed by atoms with E-state index in [0.717, 1.165) is 13.2 Å². The fraction of sp³-hybridized carbons (Fsp3) is 0.346. The molecule has 0 aromatic carbocycles. The summed E-state index contributed by atoms with van der Waals surface area (Å²) in [5, 5.41) is 18.9. The van der Waals surface area contributed by atoms with Gasteiger partial charge in [0.1, 0.15) is 15.5 Å². The van der Waals surface area contributed by atoms with Crippen LogP contribution >= 0.6 is 69.6 Å². The molecule has 3 aromatic heterocycles. The Bertz CT molecular complexity index is 1530. The van der Waals surface area contributed by atoms with Crippen molar-refractivity contribution >= 4 is 103 Å². The van der Waals surface area contributed by atoms with E-state index in [1.807, 2.05) is 0 Å². The monoisotopic (exact) mass is 769 g/mol. The van der Waals surface area contributed by atoms with Crippen molar-refractivity contribution in [1.29, 1.82) is 5.26 Å². The van der Waals surface area contributed by atoms with Crippen molar-refractivity contribution in [2.75, 3.05) is 26.1 Å². The topological polar surface area (TPSA) is 148 Å². The molecule has 0 amide bonds. The molecule has 4 rings (SSSR count). The van der Waals surface area contributed by atoms with Crippen LogP contribution in [0.1, 0.15) is 42.7 Å². The Morgan fingerprint density at radius 3 is 1.82 bits per heavy atom. The Labute approximate surface area is 317 Å². The summed E-state index contributed by atoms with van der Waals surface area (Å²) >= 11 is 33.9. The zero-order valence-electron chi connectivity index (χ0n) is 24.9. The first-order chi connectivity index (χ1) is 20.3. The molecule has 242 valence electrons. The molecule has 19 heteroatoms. The van der Waals surface area contributed by atoms with E-state index >= 15 is 0 Å². The molecule has 4 heterocycles. The number of rotatable bonds is 5. The zero-order valence-corrected chi connectivity index (χ0v) is 29.3. The minimum Gasteiger partial charge on any atom is -1.00 e. The fourth-order valence-electron chi connectivity index (χ4n) is 2.78. The van der Waals surface area contributed by atoms with Crippen LogP contribution in [0, 0.1) is 11.5 Å². The van der Waals surface area contributed by atoms with Gasteiger partial charge < -0.3 is 16.0 Å². The van der Waals surface area contributed by atoms with Crippen LogP contribution in [0.15, 0.2) is 41.2 Å². The van der Waals surface area contributed by atoms with Crippen molar-refractivity contribution in [1.82, 2.24) is 15.0 Å². The molecule has 0 radical (unpaired) electrons. The second kappa shape index (κ2) is 25.2. The molecule has 1 saturated heterocycles. The molecule has 3 aromatic rings. The minimum absolute atomic E-state index is 0. The van der Waals surface area contributed by atoms with Crippen LogP contribution in [0.3, 0.4) is 0 Å². The molecule has 1 fully saturated rings. The molecule has 0 spiro atoms. The number of aliphatic hydroxyl groups excluding tert-OH is 1. The Morgan fingerprint density at radius 1 is 0.978 bits per heavy atom. The predicted octanol–water partition coefficient (Wildman–Crippen LogP) is 3.64. The van der Waals surface area contributed by atoms with Gasteiger partial charge in [-0.05, 0) is 38.0 Å². The summed E-state index contributed by atoms with van der Waals surface area (Å²) in [4.78, 5) is 22.5. The van der Waals surface area contributed by atoms with E-state index in [1.54, 1.807) is 6.92 Å². The summed E-state index contributed by atoms with van der Waals surface area (Å²) in [6.45, 7) is 3.91. The normalized spacial score (nSPS) is 12.4. The zero-order chi connectivity index (χ0) is 32.4. The number of esters is 1. The maximum absolute atomic E-state index is 11.7. The van der Waals surface area contributed by atoms with E-state index in [4.69, 9.17) is 89.4 Å². The number of nitriles is 1. The van der Waals surface area contributed by atoms with Crippen LogP contribution in [0.25, 0.3) is 0 Å². The van der Waals surface area contributed by atoms with E-state index in [-0.39, 0.29) is 70.9 Å². The molecule has 1 N–H and O–H groups in total. The van der Waals surface area contributed by atoms with Crippen molar-refractivity contribution in [3.8, 4) is 6.19 Å². The largest absolute Gasteiger partial charge is 1.00 e. The number of aromatic nitrogens is 3. The molecule has 1 atom stereocenters. The Morgan fingerprint density at radius 2 is 1.44 bits per heavy atom. The van der Waals surface area contributed by atoms with Crippen LogP contribution < -0.4 is 18.9 Å². The molecular weight excluding hydrogens is 741 g/mol. The number of carbonyl (C=O) groups excluding carboxylic acids is 1. The minimum atomic E-state index is -2.57. The van der Waals surface area contributed by atoms with Crippen LogP contribution in [0.4, 0.5) is 0 Å². The SMILES string of the molecule is C1CCOC1.CCOC(=O)c1cnc(Cl)cc1Cl.CS(=O)(Cc1cnc(Cl)cc1Cl)=NC#N.OCc1cnc(Cl)cc1Cl.[AlH3].[H-].[Li+]. The van der Waals surface area contributed by atoms with Crippen molar-refractivity contribution in [2.45, 2.75) is 32.1 Å². The first-order valence-electron chi connectivity index (χ1n) is 12.2. The number of carbonyl (C=O) groups is 1. The molecule has 1 aliphatic rings. The summed E-state index contributed by atoms with van der Waals surface area (Å²) in [7, 11) is -2.57. The molecule has 0 bridgehead atoms. The van der Waals surface area contributed by atoms with E-state index in [9.17, 15) is 9.00 Å². The average molecular weight is 772 g/mol. The van der Waals surface area contributed by atoms with E-state index in [2.05, 4.69) is 19.3 Å².